The molecule has 1 N–H and O–H groups in total. The predicted molar refractivity (Wildman–Crippen MR) is 94.1 cm³/mol. The lowest BCUT2D eigenvalue weighted by Crippen LogP contribution is -2.37. The molecule has 0 fully saturated rings. The molecule has 3 heteroatoms. The normalized spacial score (nSPS) is 15.2. The molecule has 0 bridgehead atoms. The van der Waals surface area contributed by atoms with E-state index in [2.05, 4.69) is 64.0 Å². The fourth-order valence-electron chi connectivity index (χ4n) is 2.45. The summed E-state index contributed by atoms with van der Waals surface area (Å²) in [5.41, 5.74) is 1.49. The second-order valence-corrected chi connectivity index (χ2v) is 7.50. The minimum absolute atomic E-state index is 0.212. The monoisotopic (exact) mass is 310 g/mol. The number of hydrogen-bond donors (Lipinski definition) is 1. The van der Waals surface area contributed by atoms with Crippen molar-refractivity contribution in [2.24, 2.45) is 0 Å². The van der Waals surface area contributed by atoms with E-state index in [9.17, 15) is 0 Å². The van der Waals surface area contributed by atoms with Gasteiger partial charge in [0, 0.05) is 22.6 Å². The van der Waals surface area contributed by atoms with Gasteiger partial charge in [0.25, 0.3) is 0 Å². The Kier molecular flexibility index (Phi) is 7.19. The first-order valence-electron chi connectivity index (χ1n) is 7.93. The van der Waals surface area contributed by atoms with Crippen molar-refractivity contribution < 1.29 is 0 Å². The highest BCUT2D eigenvalue weighted by molar-refractivity contribution is 6.30. The Hall–Kier alpha value is -0.570. The molecule has 2 nitrogen and oxygen atoms in total. The van der Waals surface area contributed by atoms with E-state index in [1.165, 1.54) is 18.4 Å². The first kappa shape index (κ1) is 18.5. The maximum Gasteiger partial charge on any atom is 0.0409 e. The third-order valence-corrected chi connectivity index (χ3v) is 4.33. The van der Waals surface area contributed by atoms with E-state index in [-0.39, 0.29) is 5.54 Å². The molecule has 2 unspecified atom stereocenters. The Morgan fingerprint density at radius 1 is 1.24 bits per heavy atom. The second kappa shape index (κ2) is 8.17. The van der Waals surface area contributed by atoms with Crippen LogP contribution in [0.1, 0.15) is 59.1 Å². The molecule has 120 valence electrons. The number of nitrogens with one attached hydrogen (secondary N) is 1. The Bertz CT molecular complexity index is 425. The van der Waals surface area contributed by atoms with Gasteiger partial charge >= 0.3 is 0 Å². The minimum Gasteiger partial charge on any atom is -0.312 e. The Labute approximate surface area is 135 Å². The molecule has 0 aliphatic carbocycles. The van der Waals surface area contributed by atoms with E-state index in [4.69, 9.17) is 11.6 Å². The maximum atomic E-state index is 6.09. The van der Waals surface area contributed by atoms with Crippen molar-refractivity contribution in [1.29, 1.82) is 0 Å². The second-order valence-electron chi connectivity index (χ2n) is 7.06. The lowest BCUT2D eigenvalue weighted by atomic mass is 10.0. The molecular formula is C18H31ClN2. The fraction of sp³-hybridized carbons (Fsp3) is 0.667. The molecule has 0 aliphatic rings. The zero-order chi connectivity index (χ0) is 16.0. The quantitative estimate of drug-likeness (QED) is 0.721. The zero-order valence-corrected chi connectivity index (χ0v) is 15.2. The van der Waals surface area contributed by atoms with Gasteiger partial charge in [-0.1, -0.05) is 23.7 Å². The van der Waals surface area contributed by atoms with Crippen molar-refractivity contribution in [1.82, 2.24) is 10.2 Å². The molecule has 0 spiro atoms. The van der Waals surface area contributed by atoms with Gasteiger partial charge in [0.15, 0.2) is 0 Å². The molecule has 0 radical (unpaired) electrons. The summed E-state index contributed by atoms with van der Waals surface area (Å²) in [6.45, 7) is 12.3. The van der Waals surface area contributed by atoms with Crippen LogP contribution in [0.5, 0.6) is 0 Å². The molecule has 1 aromatic rings. The molecule has 0 saturated heterocycles. The van der Waals surface area contributed by atoms with E-state index in [1.54, 1.807) is 0 Å². The summed E-state index contributed by atoms with van der Waals surface area (Å²) in [6, 6.07) is 9.12. The highest BCUT2D eigenvalue weighted by Crippen LogP contribution is 2.24. The van der Waals surface area contributed by atoms with Gasteiger partial charge in [-0.05, 0) is 78.7 Å². The topological polar surface area (TPSA) is 15.3 Å². The molecule has 0 saturated carbocycles. The number of rotatable bonds is 7. The van der Waals surface area contributed by atoms with Crippen LogP contribution < -0.4 is 5.32 Å². The molecule has 1 rings (SSSR count). The summed E-state index contributed by atoms with van der Waals surface area (Å²) < 4.78 is 0. The van der Waals surface area contributed by atoms with Crippen LogP contribution in [0.2, 0.25) is 5.02 Å². The minimum atomic E-state index is 0.212. The van der Waals surface area contributed by atoms with Crippen molar-refractivity contribution in [3.05, 3.63) is 34.9 Å². The van der Waals surface area contributed by atoms with E-state index in [0.717, 1.165) is 11.6 Å². The first-order chi connectivity index (χ1) is 9.70. The summed E-state index contributed by atoms with van der Waals surface area (Å²) in [5, 5.41) is 4.36. The summed E-state index contributed by atoms with van der Waals surface area (Å²) in [4.78, 5) is 2.43. The largest absolute Gasteiger partial charge is 0.312 e. The Morgan fingerprint density at radius 3 is 2.48 bits per heavy atom. The van der Waals surface area contributed by atoms with Crippen LogP contribution in [0.15, 0.2) is 24.3 Å². The van der Waals surface area contributed by atoms with Crippen LogP contribution in [0.3, 0.4) is 0 Å². The van der Waals surface area contributed by atoms with Crippen LogP contribution >= 0.6 is 11.6 Å². The maximum absolute atomic E-state index is 6.09. The fourth-order valence-corrected chi connectivity index (χ4v) is 2.65. The molecule has 0 aromatic heterocycles. The summed E-state index contributed by atoms with van der Waals surface area (Å²) in [5.74, 6) is 0. The van der Waals surface area contributed by atoms with E-state index in [1.807, 2.05) is 12.1 Å². The third-order valence-electron chi connectivity index (χ3n) is 4.09. The summed E-state index contributed by atoms with van der Waals surface area (Å²) >= 11 is 6.09. The highest BCUT2D eigenvalue weighted by atomic mass is 35.5. The molecule has 0 heterocycles. The van der Waals surface area contributed by atoms with Crippen LogP contribution in [-0.4, -0.2) is 30.1 Å². The van der Waals surface area contributed by atoms with Gasteiger partial charge in [-0.3, -0.25) is 4.90 Å². The van der Waals surface area contributed by atoms with E-state index >= 15 is 0 Å². The summed E-state index contributed by atoms with van der Waals surface area (Å²) in [7, 11) is 2.20. The van der Waals surface area contributed by atoms with Crippen LogP contribution in [0, 0.1) is 0 Å². The van der Waals surface area contributed by atoms with Gasteiger partial charge in [0.1, 0.15) is 0 Å². The van der Waals surface area contributed by atoms with Gasteiger partial charge in [-0.15, -0.1) is 0 Å². The summed E-state index contributed by atoms with van der Waals surface area (Å²) in [6.07, 6.45) is 2.40. The van der Waals surface area contributed by atoms with Gasteiger partial charge in [-0.2, -0.15) is 0 Å². The van der Waals surface area contributed by atoms with Crippen LogP contribution in [-0.2, 0) is 0 Å². The molecule has 2 atom stereocenters. The van der Waals surface area contributed by atoms with Crippen molar-refractivity contribution in [2.75, 3.05) is 13.6 Å². The van der Waals surface area contributed by atoms with E-state index in [0.29, 0.717) is 12.1 Å². The zero-order valence-electron chi connectivity index (χ0n) is 14.4. The van der Waals surface area contributed by atoms with Crippen LogP contribution in [0.25, 0.3) is 0 Å². The third kappa shape index (κ3) is 6.82. The van der Waals surface area contributed by atoms with Crippen molar-refractivity contribution in [3.63, 3.8) is 0 Å². The average Bonchev–Trinajstić information content (AvgIpc) is 2.40. The lowest BCUT2D eigenvalue weighted by molar-refractivity contribution is 0.185. The van der Waals surface area contributed by atoms with Gasteiger partial charge in [0.2, 0.25) is 0 Å². The van der Waals surface area contributed by atoms with Crippen LogP contribution in [0.4, 0.5) is 0 Å². The van der Waals surface area contributed by atoms with Crippen molar-refractivity contribution >= 4 is 11.6 Å². The standard InChI is InChI=1S/C18H31ClN2/c1-14(9-8-12-20-18(3,4)5)21(6)15(2)16-10-7-11-17(19)13-16/h7,10-11,13-15,20H,8-9,12H2,1-6H3. The Morgan fingerprint density at radius 2 is 1.90 bits per heavy atom. The number of hydrogen-bond acceptors (Lipinski definition) is 2. The van der Waals surface area contributed by atoms with Gasteiger partial charge < -0.3 is 5.32 Å². The first-order valence-corrected chi connectivity index (χ1v) is 8.31. The highest BCUT2D eigenvalue weighted by Gasteiger charge is 2.17. The lowest BCUT2D eigenvalue weighted by Gasteiger charge is -2.31. The van der Waals surface area contributed by atoms with Gasteiger partial charge in [0.05, 0.1) is 0 Å². The van der Waals surface area contributed by atoms with Crippen molar-refractivity contribution in [2.45, 2.75) is 65.1 Å². The smallest absolute Gasteiger partial charge is 0.0409 e. The Balaban J connectivity index is 2.44. The predicted octanol–water partition coefficient (Wildman–Crippen LogP) is 4.89. The van der Waals surface area contributed by atoms with E-state index < -0.39 is 0 Å². The molecular weight excluding hydrogens is 280 g/mol. The van der Waals surface area contributed by atoms with Gasteiger partial charge in [-0.25, -0.2) is 0 Å². The molecule has 0 amide bonds. The average molecular weight is 311 g/mol. The molecule has 0 aliphatic heterocycles. The van der Waals surface area contributed by atoms with Crippen molar-refractivity contribution in [3.8, 4) is 0 Å². The molecule has 21 heavy (non-hydrogen) atoms. The number of halogens is 1. The molecule has 1 aromatic carbocycles. The SMILES string of the molecule is CC(CCCNC(C)(C)C)N(C)C(C)c1cccc(Cl)c1. The number of nitrogens with zero attached hydrogens (tertiary/aromatic N) is 1. The number of benzene rings is 1.